The van der Waals surface area contributed by atoms with Gasteiger partial charge in [0.1, 0.15) is 6.04 Å². The molecule has 1 aromatic carbocycles. The molecule has 1 aliphatic rings. The molecule has 1 saturated heterocycles. The number of aliphatic carboxylic acids is 1. The third-order valence-corrected chi connectivity index (χ3v) is 4.49. The van der Waals surface area contributed by atoms with E-state index in [9.17, 15) is 9.59 Å². The van der Waals surface area contributed by atoms with Crippen LogP contribution in [0.15, 0.2) is 24.3 Å². The Hall–Kier alpha value is -0.760. The van der Waals surface area contributed by atoms with Gasteiger partial charge in [0.25, 0.3) is 5.91 Å². The topological polar surface area (TPSA) is 57.6 Å². The van der Waals surface area contributed by atoms with Crippen molar-refractivity contribution in [2.75, 3.05) is 11.6 Å². The summed E-state index contributed by atoms with van der Waals surface area (Å²) in [6, 6.07) is 6.50. The van der Waals surface area contributed by atoms with Crippen LogP contribution < -0.4 is 0 Å². The van der Waals surface area contributed by atoms with E-state index < -0.39 is 12.0 Å². The second kappa shape index (κ2) is 5.26. The molecule has 0 aliphatic carbocycles. The molecular formula is C11H10INO3S. The molecule has 0 aromatic heterocycles. The largest absolute Gasteiger partial charge is 0.480 e. The van der Waals surface area contributed by atoms with Gasteiger partial charge < -0.3 is 10.0 Å². The fourth-order valence-electron chi connectivity index (χ4n) is 1.64. The summed E-state index contributed by atoms with van der Waals surface area (Å²) in [7, 11) is 0. The van der Waals surface area contributed by atoms with Gasteiger partial charge in [-0.05, 0) is 34.7 Å². The Balaban J connectivity index is 2.26. The van der Waals surface area contributed by atoms with Crippen LogP contribution >= 0.6 is 34.4 Å². The Morgan fingerprint density at radius 3 is 2.76 bits per heavy atom. The smallest absolute Gasteiger partial charge is 0.327 e. The Morgan fingerprint density at radius 2 is 2.12 bits per heavy atom. The number of carbonyl (C=O) groups is 2. The fourth-order valence-corrected chi connectivity index (χ4v) is 3.40. The molecule has 6 heteroatoms. The van der Waals surface area contributed by atoms with Crippen LogP contribution in [0.3, 0.4) is 0 Å². The molecule has 2 rings (SSSR count). The zero-order valence-corrected chi connectivity index (χ0v) is 11.8. The molecule has 1 aliphatic heterocycles. The van der Waals surface area contributed by atoms with Crippen molar-refractivity contribution in [3.8, 4) is 0 Å². The van der Waals surface area contributed by atoms with Crippen LogP contribution in [0.5, 0.6) is 0 Å². The van der Waals surface area contributed by atoms with Gasteiger partial charge in [-0.2, -0.15) is 0 Å². The summed E-state index contributed by atoms with van der Waals surface area (Å²) in [5.41, 5.74) is 0.571. The quantitative estimate of drug-likeness (QED) is 0.816. The standard InChI is InChI=1S/C11H10INO3S/c12-8-4-2-1-3-7(8)10(14)13-6-17-5-9(13)11(15)16/h1-4,9H,5-6H2,(H,15,16). The lowest BCUT2D eigenvalue weighted by molar-refractivity contribution is -0.140. The van der Waals surface area contributed by atoms with Crippen LogP contribution in [0.2, 0.25) is 0 Å². The first-order valence-corrected chi connectivity index (χ1v) is 7.20. The van der Waals surface area contributed by atoms with Crippen LogP contribution in [0.4, 0.5) is 0 Å². The highest BCUT2D eigenvalue weighted by molar-refractivity contribution is 14.1. The van der Waals surface area contributed by atoms with E-state index in [1.165, 1.54) is 16.7 Å². The van der Waals surface area contributed by atoms with E-state index in [4.69, 9.17) is 5.11 Å². The highest BCUT2D eigenvalue weighted by Crippen LogP contribution is 2.24. The predicted octanol–water partition coefficient (Wildman–Crippen LogP) is 1.89. The summed E-state index contributed by atoms with van der Waals surface area (Å²) in [5.74, 6) is -0.229. The molecule has 1 unspecified atom stereocenters. The predicted molar refractivity (Wildman–Crippen MR) is 74.1 cm³/mol. The van der Waals surface area contributed by atoms with Crippen molar-refractivity contribution in [1.29, 1.82) is 0 Å². The normalized spacial score (nSPS) is 19.4. The molecule has 0 spiro atoms. The van der Waals surface area contributed by atoms with Crippen molar-refractivity contribution >= 4 is 46.2 Å². The average molecular weight is 363 g/mol. The first kappa shape index (κ1) is 12.7. The summed E-state index contributed by atoms with van der Waals surface area (Å²) in [4.78, 5) is 24.7. The third kappa shape index (κ3) is 2.57. The molecule has 1 heterocycles. The van der Waals surface area contributed by atoms with Crippen LogP contribution in [0.1, 0.15) is 10.4 Å². The van der Waals surface area contributed by atoms with E-state index in [-0.39, 0.29) is 5.91 Å². The third-order valence-electron chi connectivity index (χ3n) is 2.53. The van der Waals surface area contributed by atoms with E-state index >= 15 is 0 Å². The first-order valence-electron chi connectivity index (χ1n) is 4.97. The molecule has 0 saturated carbocycles. The molecule has 4 nitrogen and oxygen atoms in total. The summed E-state index contributed by atoms with van der Waals surface area (Å²) >= 11 is 3.55. The number of benzene rings is 1. The van der Waals surface area contributed by atoms with Gasteiger partial charge in [-0.3, -0.25) is 4.79 Å². The van der Waals surface area contributed by atoms with Crippen LogP contribution in [-0.4, -0.2) is 39.6 Å². The van der Waals surface area contributed by atoms with Crippen LogP contribution in [-0.2, 0) is 4.79 Å². The van der Waals surface area contributed by atoms with Crippen molar-refractivity contribution in [3.05, 3.63) is 33.4 Å². The van der Waals surface area contributed by atoms with Gasteiger partial charge >= 0.3 is 5.97 Å². The van der Waals surface area contributed by atoms with Gasteiger partial charge in [0, 0.05) is 9.32 Å². The highest BCUT2D eigenvalue weighted by Gasteiger charge is 2.35. The van der Waals surface area contributed by atoms with Gasteiger partial charge in [0.15, 0.2) is 0 Å². The number of halogens is 1. The zero-order chi connectivity index (χ0) is 12.4. The molecule has 1 N–H and O–H groups in total. The minimum atomic E-state index is -0.936. The lowest BCUT2D eigenvalue weighted by atomic mass is 10.2. The SMILES string of the molecule is O=C(O)C1CSCN1C(=O)c1ccccc1I. The number of rotatable bonds is 2. The Morgan fingerprint density at radius 1 is 1.41 bits per heavy atom. The molecule has 17 heavy (non-hydrogen) atoms. The minimum Gasteiger partial charge on any atom is -0.480 e. The Bertz CT molecular complexity index is 466. The first-order chi connectivity index (χ1) is 8.11. The van der Waals surface area contributed by atoms with E-state index in [0.717, 1.165) is 3.57 Å². The zero-order valence-electron chi connectivity index (χ0n) is 8.80. The lowest BCUT2D eigenvalue weighted by Gasteiger charge is -2.20. The highest BCUT2D eigenvalue weighted by atomic mass is 127. The van der Waals surface area contributed by atoms with Gasteiger partial charge in [0.05, 0.1) is 11.4 Å². The molecule has 90 valence electrons. The average Bonchev–Trinajstić information content (AvgIpc) is 2.77. The van der Waals surface area contributed by atoms with Crippen molar-refractivity contribution in [1.82, 2.24) is 4.90 Å². The van der Waals surface area contributed by atoms with Gasteiger partial charge in [-0.15, -0.1) is 11.8 Å². The maximum Gasteiger partial charge on any atom is 0.327 e. The molecular weight excluding hydrogens is 353 g/mol. The maximum atomic E-state index is 12.2. The molecule has 1 fully saturated rings. The van der Waals surface area contributed by atoms with Crippen molar-refractivity contribution in [2.24, 2.45) is 0 Å². The van der Waals surface area contributed by atoms with Crippen LogP contribution in [0.25, 0.3) is 0 Å². The number of nitrogens with zero attached hydrogens (tertiary/aromatic N) is 1. The number of hydrogen-bond acceptors (Lipinski definition) is 3. The number of thioether (sulfide) groups is 1. The van der Waals surface area contributed by atoms with Crippen molar-refractivity contribution in [2.45, 2.75) is 6.04 Å². The summed E-state index contributed by atoms with van der Waals surface area (Å²) in [5, 5.41) is 9.04. The van der Waals surface area contributed by atoms with Gasteiger partial charge in [-0.25, -0.2) is 4.79 Å². The van der Waals surface area contributed by atoms with E-state index in [1.54, 1.807) is 12.1 Å². The molecule has 0 bridgehead atoms. The van der Waals surface area contributed by atoms with Crippen molar-refractivity contribution < 1.29 is 14.7 Å². The monoisotopic (exact) mass is 363 g/mol. The summed E-state index contributed by atoms with van der Waals surface area (Å²) in [6.07, 6.45) is 0. The fraction of sp³-hybridized carbons (Fsp3) is 0.273. The molecule has 1 aromatic rings. The Labute approximate surface area is 117 Å². The second-order valence-corrected chi connectivity index (χ2v) is 5.77. The number of hydrogen-bond donors (Lipinski definition) is 1. The minimum absolute atomic E-state index is 0.201. The lowest BCUT2D eigenvalue weighted by Crippen LogP contribution is -2.42. The molecule has 0 radical (unpaired) electrons. The second-order valence-electron chi connectivity index (χ2n) is 3.61. The van der Waals surface area contributed by atoms with Gasteiger partial charge in [-0.1, -0.05) is 12.1 Å². The maximum absolute atomic E-state index is 12.2. The molecule has 1 amide bonds. The van der Waals surface area contributed by atoms with E-state index in [1.807, 2.05) is 12.1 Å². The summed E-state index contributed by atoms with van der Waals surface area (Å²) < 4.78 is 0.844. The van der Waals surface area contributed by atoms with E-state index in [0.29, 0.717) is 17.2 Å². The summed E-state index contributed by atoms with van der Waals surface area (Å²) in [6.45, 7) is 0. The van der Waals surface area contributed by atoms with Crippen LogP contribution in [0, 0.1) is 3.57 Å². The van der Waals surface area contributed by atoms with Gasteiger partial charge in [0.2, 0.25) is 0 Å². The van der Waals surface area contributed by atoms with Crippen molar-refractivity contribution in [3.63, 3.8) is 0 Å². The molecule has 1 atom stereocenters. The number of amides is 1. The number of carboxylic acid groups (broad SMARTS) is 1. The Kier molecular flexibility index (Phi) is 3.93. The van der Waals surface area contributed by atoms with E-state index in [2.05, 4.69) is 22.6 Å². The number of carboxylic acids is 1. The number of carbonyl (C=O) groups excluding carboxylic acids is 1.